The topological polar surface area (TPSA) is 151 Å². The second-order valence-corrected chi connectivity index (χ2v) is 7.58. The molecule has 1 aliphatic rings. The van der Waals surface area contributed by atoms with Crippen molar-refractivity contribution >= 4 is 17.7 Å². The number of nitro groups is 1. The van der Waals surface area contributed by atoms with Crippen LogP contribution in [0.15, 0.2) is 66.0 Å². The predicted octanol–water partition coefficient (Wildman–Crippen LogP) is 2.95. The molecule has 1 aromatic heterocycles. The number of nitrogens with zero attached hydrogens (tertiary/aromatic N) is 4. The summed E-state index contributed by atoms with van der Waals surface area (Å²) in [5.74, 6) is 0.0342. The summed E-state index contributed by atoms with van der Waals surface area (Å²) in [5, 5.41) is 24.4. The first-order valence-electron chi connectivity index (χ1n) is 10.7. The fourth-order valence-electron chi connectivity index (χ4n) is 3.58. The lowest BCUT2D eigenvalue weighted by Gasteiger charge is -2.28. The van der Waals surface area contributed by atoms with Gasteiger partial charge in [-0.3, -0.25) is 10.1 Å². The van der Waals surface area contributed by atoms with Crippen molar-refractivity contribution in [2.75, 3.05) is 6.61 Å². The average Bonchev–Trinajstić information content (AvgIpc) is 3.32. The van der Waals surface area contributed by atoms with Crippen molar-refractivity contribution in [2.45, 2.75) is 26.5 Å². The zero-order valence-corrected chi connectivity index (χ0v) is 18.9. The van der Waals surface area contributed by atoms with Crippen molar-refractivity contribution in [1.82, 2.24) is 25.6 Å². The van der Waals surface area contributed by atoms with Gasteiger partial charge in [-0.2, -0.15) is 0 Å². The van der Waals surface area contributed by atoms with E-state index in [9.17, 15) is 19.7 Å². The molecule has 1 aliphatic heterocycles. The van der Waals surface area contributed by atoms with E-state index >= 15 is 0 Å². The molecule has 0 saturated heterocycles. The van der Waals surface area contributed by atoms with Crippen LogP contribution in [0, 0.1) is 10.1 Å². The molecule has 0 fully saturated rings. The molecule has 2 N–H and O–H groups in total. The fourth-order valence-corrected chi connectivity index (χ4v) is 3.58. The van der Waals surface area contributed by atoms with Crippen LogP contribution in [0.25, 0.3) is 5.69 Å². The van der Waals surface area contributed by atoms with E-state index in [1.165, 1.54) is 16.8 Å². The number of urea groups is 1. The molecular formula is C23H22N6O6. The number of nitro benzene ring substituents is 1. The lowest BCUT2D eigenvalue weighted by Crippen LogP contribution is -2.45. The second kappa shape index (κ2) is 10.0. The van der Waals surface area contributed by atoms with Crippen molar-refractivity contribution in [3.63, 3.8) is 0 Å². The van der Waals surface area contributed by atoms with Gasteiger partial charge in [0.25, 0.3) is 5.69 Å². The van der Waals surface area contributed by atoms with Gasteiger partial charge in [0.15, 0.2) is 0 Å². The fraction of sp³-hybridized carbons (Fsp3) is 0.217. The van der Waals surface area contributed by atoms with Crippen molar-refractivity contribution in [3.8, 4) is 11.4 Å². The van der Waals surface area contributed by atoms with Crippen molar-refractivity contribution in [2.24, 2.45) is 0 Å². The monoisotopic (exact) mass is 478 g/mol. The highest BCUT2D eigenvalue weighted by atomic mass is 16.6. The van der Waals surface area contributed by atoms with Gasteiger partial charge in [-0.05, 0) is 37.6 Å². The number of amides is 2. The number of carbonyl (C=O) groups excluding carboxylic acids is 2. The molecule has 2 amide bonds. The Morgan fingerprint density at radius 1 is 1.23 bits per heavy atom. The molecule has 0 bridgehead atoms. The van der Waals surface area contributed by atoms with Gasteiger partial charge in [0.1, 0.15) is 18.1 Å². The van der Waals surface area contributed by atoms with E-state index < -0.39 is 23.0 Å². The van der Waals surface area contributed by atoms with E-state index in [-0.39, 0.29) is 18.9 Å². The van der Waals surface area contributed by atoms with Crippen LogP contribution in [0.4, 0.5) is 10.5 Å². The highest BCUT2D eigenvalue weighted by molar-refractivity contribution is 5.95. The van der Waals surface area contributed by atoms with E-state index in [2.05, 4.69) is 20.9 Å². The molecule has 180 valence electrons. The number of nitrogens with one attached hydrogen (secondary N) is 2. The molecule has 1 unspecified atom stereocenters. The highest BCUT2D eigenvalue weighted by Gasteiger charge is 2.32. The standard InChI is InChI=1S/C23H22N6O6/c1-3-34-22(30)20-14(2)24-23(31)25-21(20)15-7-9-19(10-8-15)35-13-16-12-28(27-26-16)17-5-4-6-18(11-17)29(32)33/h4-12,21H,3,13H2,1-2H3,(H2,24,25,31). The Kier molecular flexibility index (Phi) is 6.71. The minimum atomic E-state index is -0.660. The van der Waals surface area contributed by atoms with Crippen LogP contribution in [0.3, 0.4) is 0 Å². The van der Waals surface area contributed by atoms with Gasteiger partial charge in [0.05, 0.1) is 35.0 Å². The predicted molar refractivity (Wildman–Crippen MR) is 123 cm³/mol. The Bertz CT molecular complexity index is 1300. The zero-order chi connectivity index (χ0) is 24.9. The molecule has 12 nitrogen and oxygen atoms in total. The smallest absolute Gasteiger partial charge is 0.338 e. The number of esters is 1. The summed E-state index contributed by atoms with van der Waals surface area (Å²) in [6.07, 6.45) is 1.62. The van der Waals surface area contributed by atoms with Gasteiger partial charge in [0, 0.05) is 17.8 Å². The van der Waals surface area contributed by atoms with Crippen LogP contribution >= 0.6 is 0 Å². The molecule has 2 heterocycles. The van der Waals surface area contributed by atoms with E-state index in [4.69, 9.17) is 9.47 Å². The molecule has 35 heavy (non-hydrogen) atoms. The summed E-state index contributed by atoms with van der Waals surface area (Å²) in [6, 6.07) is 11.9. The number of rotatable bonds is 8. The Balaban J connectivity index is 1.44. The molecule has 0 radical (unpaired) electrons. The number of benzene rings is 2. The number of hydrogen-bond donors (Lipinski definition) is 2. The van der Waals surface area contributed by atoms with Crippen LogP contribution in [0.5, 0.6) is 5.75 Å². The van der Waals surface area contributed by atoms with Gasteiger partial charge < -0.3 is 20.1 Å². The lowest BCUT2D eigenvalue weighted by atomic mass is 9.95. The van der Waals surface area contributed by atoms with Crippen LogP contribution in [-0.2, 0) is 16.1 Å². The Morgan fingerprint density at radius 2 is 2.00 bits per heavy atom. The first-order chi connectivity index (χ1) is 16.9. The summed E-state index contributed by atoms with van der Waals surface area (Å²) in [7, 11) is 0. The number of allylic oxidation sites excluding steroid dienone is 1. The van der Waals surface area contributed by atoms with E-state index in [1.54, 1.807) is 56.4 Å². The van der Waals surface area contributed by atoms with Crippen LogP contribution < -0.4 is 15.4 Å². The van der Waals surface area contributed by atoms with E-state index in [1.807, 2.05) is 0 Å². The number of ether oxygens (including phenoxy) is 2. The Labute approximate surface area is 199 Å². The molecule has 3 aromatic rings. The highest BCUT2D eigenvalue weighted by Crippen LogP contribution is 2.29. The normalized spacial score (nSPS) is 15.3. The molecular weight excluding hydrogens is 456 g/mol. The maximum atomic E-state index is 12.4. The summed E-state index contributed by atoms with van der Waals surface area (Å²) >= 11 is 0. The Morgan fingerprint density at radius 3 is 2.71 bits per heavy atom. The number of carbonyl (C=O) groups is 2. The molecule has 12 heteroatoms. The van der Waals surface area contributed by atoms with Crippen molar-refractivity contribution in [3.05, 3.63) is 87.4 Å². The molecule has 0 aliphatic carbocycles. The first-order valence-corrected chi connectivity index (χ1v) is 10.7. The molecule has 4 rings (SSSR count). The number of non-ortho nitro benzene ring substituents is 1. The number of hydrogen-bond acceptors (Lipinski definition) is 8. The molecule has 0 spiro atoms. The molecule has 0 saturated carbocycles. The maximum absolute atomic E-state index is 12.4. The van der Waals surface area contributed by atoms with Crippen molar-refractivity contribution in [1.29, 1.82) is 0 Å². The SMILES string of the molecule is CCOC(=O)C1=C(C)NC(=O)NC1c1ccc(OCc2cn(-c3cccc([N+](=O)[O-])c3)nn2)cc1. The first kappa shape index (κ1) is 23.4. The average molecular weight is 478 g/mol. The minimum Gasteiger partial charge on any atom is -0.487 e. The molecule has 2 aromatic carbocycles. The summed E-state index contributed by atoms with van der Waals surface area (Å²) in [4.78, 5) is 34.9. The van der Waals surface area contributed by atoms with E-state index in [0.717, 1.165) is 0 Å². The Hall–Kier alpha value is -4.74. The maximum Gasteiger partial charge on any atom is 0.338 e. The lowest BCUT2D eigenvalue weighted by molar-refractivity contribution is -0.384. The minimum absolute atomic E-state index is 0.0445. The quantitative estimate of drug-likeness (QED) is 0.285. The van der Waals surface area contributed by atoms with Crippen molar-refractivity contribution < 1.29 is 24.0 Å². The van der Waals surface area contributed by atoms with Crippen LogP contribution in [0.2, 0.25) is 0 Å². The summed E-state index contributed by atoms with van der Waals surface area (Å²) in [6.45, 7) is 3.70. The largest absolute Gasteiger partial charge is 0.487 e. The number of aromatic nitrogens is 3. The van der Waals surface area contributed by atoms with Gasteiger partial charge in [-0.1, -0.05) is 23.4 Å². The van der Waals surface area contributed by atoms with Gasteiger partial charge >= 0.3 is 12.0 Å². The van der Waals surface area contributed by atoms with E-state index in [0.29, 0.717) is 34.0 Å². The summed E-state index contributed by atoms with van der Waals surface area (Å²) < 4.78 is 12.3. The van der Waals surface area contributed by atoms with Gasteiger partial charge in [0.2, 0.25) is 0 Å². The van der Waals surface area contributed by atoms with Gasteiger partial charge in [-0.15, -0.1) is 5.10 Å². The third kappa shape index (κ3) is 5.27. The third-order valence-electron chi connectivity index (χ3n) is 5.21. The van der Waals surface area contributed by atoms with Crippen LogP contribution in [-0.4, -0.2) is 38.5 Å². The third-order valence-corrected chi connectivity index (χ3v) is 5.21. The second-order valence-electron chi connectivity index (χ2n) is 7.58. The zero-order valence-electron chi connectivity index (χ0n) is 18.9. The molecule has 1 atom stereocenters. The van der Waals surface area contributed by atoms with Gasteiger partial charge in [-0.25, -0.2) is 14.3 Å². The van der Waals surface area contributed by atoms with Crippen LogP contribution in [0.1, 0.15) is 31.1 Å². The summed E-state index contributed by atoms with van der Waals surface area (Å²) in [5.41, 5.74) is 2.44.